The monoisotopic (exact) mass is 444 g/mol. The Morgan fingerprint density at radius 3 is 2.83 bits per heavy atom. The molecule has 30 heavy (non-hydrogen) atoms. The van der Waals surface area contributed by atoms with Crippen LogP contribution in [0.5, 0.6) is 0 Å². The molecule has 3 aromatic rings. The number of fused-ring (bicyclic) bond motifs is 2. The van der Waals surface area contributed by atoms with E-state index in [1.165, 1.54) is 41.7 Å². The molecule has 154 valence electrons. The molecule has 1 atom stereocenters. The van der Waals surface area contributed by atoms with Gasteiger partial charge in [-0.25, -0.2) is 8.42 Å². The Morgan fingerprint density at radius 1 is 1.37 bits per heavy atom. The van der Waals surface area contributed by atoms with Crippen molar-refractivity contribution < 1.29 is 13.5 Å². The summed E-state index contributed by atoms with van der Waals surface area (Å²) in [5.74, 6) is 0. The fourth-order valence-corrected chi connectivity index (χ4v) is 5.76. The van der Waals surface area contributed by atoms with Crippen molar-refractivity contribution in [3.63, 3.8) is 0 Å². The highest BCUT2D eigenvalue weighted by molar-refractivity contribution is 7.93. The zero-order chi connectivity index (χ0) is 21.6. The highest BCUT2D eigenvalue weighted by Gasteiger charge is 2.34. The van der Waals surface area contributed by atoms with E-state index in [0.717, 1.165) is 0 Å². The minimum absolute atomic E-state index is 0.0867. The maximum absolute atomic E-state index is 13.6. The number of sulfonamides is 1. The van der Waals surface area contributed by atoms with Gasteiger partial charge in [-0.1, -0.05) is 17.7 Å². The number of pyridine rings is 1. The van der Waals surface area contributed by atoms with Crippen LogP contribution in [0.3, 0.4) is 0 Å². The number of halogens is 1. The minimum atomic E-state index is -4.09. The molecule has 2 heterocycles. The number of aromatic amines is 1. The molecule has 8 nitrogen and oxygen atoms in total. The summed E-state index contributed by atoms with van der Waals surface area (Å²) in [6.07, 6.45) is 0.785. The molecule has 0 fully saturated rings. The molecule has 0 saturated carbocycles. The molecule has 3 N–H and O–H groups in total. The molecule has 1 aromatic heterocycles. The third-order valence-corrected chi connectivity index (χ3v) is 7.11. The van der Waals surface area contributed by atoms with Crippen molar-refractivity contribution in [1.82, 2.24) is 4.98 Å². The lowest BCUT2D eigenvalue weighted by atomic mass is 10.1. The van der Waals surface area contributed by atoms with Crippen LogP contribution in [0, 0.1) is 11.3 Å². The van der Waals surface area contributed by atoms with Crippen LogP contribution in [0.25, 0.3) is 10.8 Å². The van der Waals surface area contributed by atoms with E-state index in [1.807, 2.05) is 6.07 Å². The average molecular weight is 445 g/mol. The van der Waals surface area contributed by atoms with E-state index in [0.29, 0.717) is 23.4 Å². The average Bonchev–Trinajstić information content (AvgIpc) is 3.15. The zero-order valence-corrected chi connectivity index (χ0v) is 17.4. The Kier molecular flexibility index (Phi) is 4.94. The van der Waals surface area contributed by atoms with E-state index in [9.17, 15) is 23.6 Å². The Morgan fingerprint density at radius 2 is 2.13 bits per heavy atom. The lowest BCUT2D eigenvalue weighted by Crippen LogP contribution is -2.29. The second kappa shape index (κ2) is 7.32. The Balaban J connectivity index is 1.93. The second-order valence-corrected chi connectivity index (χ2v) is 9.16. The van der Waals surface area contributed by atoms with Gasteiger partial charge in [0.25, 0.3) is 15.6 Å². The molecule has 0 amide bonds. The molecule has 4 rings (SSSR count). The first kappa shape index (κ1) is 20.2. The first-order chi connectivity index (χ1) is 14.2. The Bertz CT molecular complexity index is 1380. The number of hydrogen-bond acceptors (Lipinski definition) is 6. The van der Waals surface area contributed by atoms with E-state index in [2.05, 4.69) is 10.3 Å². The Hall–Kier alpha value is -3.06. The van der Waals surface area contributed by atoms with Crippen LogP contribution in [0.2, 0.25) is 5.02 Å². The maximum atomic E-state index is 13.6. The van der Waals surface area contributed by atoms with Gasteiger partial charge in [-0.05, 0) is 37.6 Å². The predicted octanol–water partition coefficient (Wildman–Crippen LogP) is 2.55. The summed E-state index contributed by atoms with van der Waals surface area (Å²) in [6, 6.07) is 9.51. The van der Waals surface area contributed by atoms with Crippen molar-refractivity contribution in [2.75, 3.05) is 16.2 Å². The molecule has 1 unspecified atom stereocenters. The number of nitrogens with zero attached hydrogens (tertiary/aromatic N) is 2. The number of benzene rings is 2. The first-order valence-electron chi connectivity index (χ1n) is 9.08. The molecule has 0 aliphatic carbocycles. The van der Waals surface area contributed by atoms with Crippen LogP contribution in [-0.4, -0.2) is 31.3 Å². The summed E-state index contributed by atoms with van der Waals surface area (Å²) >= 11 is 6.24. The third-order valence-electron chi connectivity index (χ3n) is 4.96. The van der Waals surface area contributed by atoms with Crippen LogP contribution in [0.4, 0.5) is 11.4 Å². The fraction of sp³-hybridized carbons (Fsp3) is 0.200. The molecule has 10 heteroatoms. The zero-order valence-electron chi connectivity index (χ0n) is 15.8. The van der Waals surface area contributed by atoms with Gasteiger partial charge in [0.15, 0.2) is 0 Å². The third kappa shape index (κ3) is 3.19. The largest absolute Gasteiger partial charge is 0.374 e. The number of aliphatic hydroxyl groups excluding tert-OH is 1. The van der Waals surface area contributed by atoms with Gasteiger partial charge in [0.2, 0.25) is 0 Å². The Labute approximate surface area is 177 Å². The lowest BCUT2D eigenvalue weighted by Gasteiger charge is -2.22. The molecule has 1 aliphatic rings. The fourth-order valence-electron chi connectivity index (χ4n) is 3.72. The topological polar surface area (TPSA) is 126 Å². The van der Waals surface area contributed by atoms with Crippen molar-refractivity contribution in [2.45, 2.75) is 24.5 Å². The molecule has 0 bridgehead atoms. The van der Waals surface area contributed by atoms with Gasteiger partial charge in [-0.15, -0.1) is 0 Å². The number of rotatable bonds is 4. The second-order valence-electron chi connectivity index (χ2n) is 6.93. The number of H-pyrrole nitrogens is 1. The van der Waals surface area contributed by atoms with Gasteiger partial charge in [0.1, 0.15) is 6.23 Å². The lowest BCUT2D eigenvalue weighted by molar-refractivity contribution is 0.224. The number of aromatic nitrogens is 1. The summed E-state index contributed by atoms with van der Waals surface area (Å²) in [6.45, 7) is 1.68. The quantitative estimate of drug-likeness (QED) is 0.531. The SMILES string of the molecule is CC(O)Nc1cc(C#N)cc2c1CCN2S(=O)(=O)c1cccc2c(=O)[nH]cc(Cl)c12. The minimum Gasteiger partial charge on any atom is -0.374 e. The summed E-state index contributed by atoms with van der Waals surface area (Å²) in [5, 5.41) is 22.4. The van der Waals surface area contributed by atoms with E-state index >= 15 is 0 Å². The number of nitriles is 1. The van der Waals surface area contributed by atoms with Crippen molar-refractivity contribution >= 4 is 43.8 Å². The summed E-state index contributed by atoms with van der Waals surface area (Å²) in [7, 11) is -4.09. The van der Waals surface area contributed by atoms with Crippen molar-refractivity contribution in [1.29, 1.82) is 5.26 Å². The molecular weight excluding hydrogens is 428 g/mol. The van der Waals surface area contributed by atoms with E-state index in [4.69, 9.17) is 11.6 Å². The highest BCUT2D eigenvalue weighted by atomic mass is 35.5. The van der Waals surface area contributed by atoms with Gasteiger partial charge < -0.3 is 15.4 Å². The molecule has 1 aliphatic heterocycles. The summed E-state index contributed by atoms with van der Waals surface area (Å²) < 4.78 is 28.4. The van der Waals surface area contributed by atoms with E-state index in [1.54, 1.807) is 6.07 Å². The van der Waals surface area contributed by atoms with Gasteiger partial charge in [-0.2, -0.15) is 5.26 Å². The number of nitrogens with one attached hydrogen (secondary N) is 2. The number of aliphatic hydroxyl groups is 1. The van der Waals surface area contributed by atoms with Crippen LogP contribution >= 0.6 is 11.6 Å². The normalized spacial score (nSPS) is 14.4. The smallest absolute Gasteiger partial charge is 0.265 e. The van der Waals surface area contributed by atoms with Crippen LogP contribution < -0.4 is 15.2 Å². The van der Waals surface area contributed by atoms with Crippen molar-refractivity contribution in [3.8, 4) is 6.07 Å². The van der Waals surface area contributed by atoms with Crippen molar-refractivity contribution in [3.05, 3.63) is 63.0 Å². The van der Waals surface area contributed by atoms with Crippen LogP contribution in [0.1, 0.15) is 18.1 Å². The maximum Gasteiger partial charge on any atom is 0.265 e. The van der Waals surface area contributed by atoms with Gasteiger partial charge in [0.05, 0.1) is 27.2 Å². The van der Waals surface area contributed by atoms with Crippen molar-refractivity contribution in [2.24, 2.45) is 0 Å². The number of anilines is 2. The van der Waals surface area contributed by atoms with Crippen LogP contribution in [-0.2, 0) is 16.4 Å². The summed E-state index contributed by atoms with van der Waals surface area (Å²) in [5.41, 5.74) is 1.36. The predicted molar refractivity (Wildman–Crippen MR) is 114 cm³/mol. The van der Waals surface area contributed by atoms with Crippen LogP contribution in [0.15, 0.2) is 46.2 Å². The highest BCUT2D eigenvalue weighted by Crippen LogP contribution is 2.40. The molecule has 0 spiro atoms. The molecule has 0 radical (unpaired) electrons. The molecule has 2 aromatic carbocycles. The first-order valence-corrected chi connectivity index (χ1v) is 10.9. The van der Waals surface area contributed by atoms with Gasteiger partial charge >= 0.3 is 0 Å². The standard InChI is InChI=1S/C20H17ClN4O4S/c1-11(26)24-16-7-12(9-22)8-17-13(16)5-6-25(17)30(28,29)18-4-2-3-14-19(18)15(21)10-23-20(14)27/h2-4,7-8,10-11,24,26H,5-6H2,1H3,(H,23,27). The molecular formula is C20H17ClN4O4S. The summed E-state index contributed by atoms with van der Waals surface area (Å²) in [4.78, 5) is 14.6. The van der Waals surface area contributed by atoms with Gasteiger partial charge in [-0.3, -0.25) is 9.10 Å². The van der Waals surface area contributed by atoms with Gasteiger partial charge in [0, 0.05) is 34.8 Å². The van der Waals surface area contributed by atoms with E-state index in [-0.39, 0.29) is 32.8 Å². The number of hydrogen-bond donors (Lipinski definition) is 3. The molecule has 0 saturated heterocycles. The van der Waals surface area contributed by atoms with E-state index < -0.39 is 21.8 Å².